The highest BCUT2D eigenvalue weighted by molar-refractivity contribution is 14.1. The lowest BCUT2D eigenvalue weighted by Crippen LogP contribution is -2.16. The average Bonchev–Trinajstić information content (AvgIpc) is 2.00. The molecule has 0 fully saturated rings. The van der Waals surface area contributed by atoms with Crippen molar-refractivity contribution >= 4 is 30.7 Å². The van der Waals surface area contributed by atoms with Crippen LogP contribution >= 0.6 is 22.6 Å². The average molecular weight is 300 g/mol. The Labute approximate surface area is 94.9 Å². The van der Waals surface area contributed by atoms with Gasteiger partial charge in [-0.3, -0.25) is 0 Å². The Morgan fingerprint density at radius 2 is 1.92 bits per heavy atom. The van der Waals surface area contributed by atoms with Gasteiger partial charge in [0.05, 0.1) is 0 Å². The van der Waals surface area contributed by atoms with E-state index in [0.29, 0.717) is 0 Å². The summed E-state index contributed by atoms with van der Waals surface area (Å²) in [4.78, 5) is 0. The fraction of sp³-hybridized carbons (Fsp3) is 0.273. The molecule has 0 atom stereocenters. The van der Waals surface area contributed by atoms with Crippen molar-refractivity contribution in [3.63, 3.8) is 0 Å². The zero-order chi connectivity index (χ0) is 9.90. The molecule has 1 aromatic rings. The number of halogens is 1. The largest absolute Gasteiger partial charge is 0.129 e. The summed E-state index contributed by atoms with van der Waals surface area (Å²) in [6.45, 7) is 6.77. The lowest BCUT2D eigenvalue weighted by molar-refractivity contribution is 1.60. The maximum atomic E-state index is 3.35. The Morgan fingerprint density at radius 3 is 2.46 bits per heavy atom. The molecule has 13 heavy (non-hydrogen) atoms. The molecule has 0 aromatic heterocycles. The van der Waals surface area contributed by atoms with Gasteiger partial charge in [0, 0.05) is 9.13 Å². The molecule has 0 bridgehead atoms. The van der Waals surface area contributed by atoms with Crippen molar-refractivity contribution in [2.45, 2.75) is 19.6 Å². The number of benzene rings is 1. The van der Waals surface area contributed by atoms with Crippen LogP contribution in [0.15, 0.2) is 24.3 Å². The van der Waals surface area contributed by atoms with Crippen LogP contribution in [0.3, 0.4) is 0 Å². The van der Waals surface area contributed by atoms with E-state index in [1.807, 2.05) is 0 Å². The van der Waals surface area contributed by atoms with E-state index in [0.717, 1.165) is 5.56 Å². The van der Waals surface area contributed by atoms with Crippen molar-refractivity contribution in [3.8, 4) is 11.5 Å². The molecule has 0 unspecified atom stereocenters. The van der Waals surface area contributed by atoms with Gasteiger partial charge in [-0.2, -0.15) is 0 Å². The van der Waals surface area contributed by atoms with E-state index < -0.39 is 8.07 Å². The predicted octanol–water partition coefficient (Wildman–Crippen LogP) is 3.52. The molecule has 0 spiro atoms. The zero-order valence-corrected chi connectivity index (χ0v) is 11.3. The second-order valence-electron chi connectivity index (χ2n) is 4.01. The van der Waals surface area contributed by atoms with Crippen LogP contribution in [-0.4, -0.2) is 8.07 Å². The summed E-state index contributed by atoms with van der Waals surface area (Å²) in [5.41, 5.74) is 4.48. The van der Waals surface area contributed by atoms with Crippen LogP contribution in [0, 0.1) is 15.0 Å². The Bertz CT molecular complexity index is 352. The van der Waals surface area contributed by atoms with Crippen molar-refractivity contribution in [1.82, 2.24) is 0 Å². The molecule has 0 radical (unpaired) electrons. The molecule has 0 aliphatic rings. The highest BCUT2D eigenvalue weighted by Crippen LogP contribution is 2.07. The van der Waals surface area contributed by atoms with E-state index in [1.54, 1.807) is 0 Å². The molecular formula is C11H13ISi. The standard InChI is InChI=1S/C11H13ISi/c1-13(2,3)8-7-10-5-4-6-11(12)9-10/h4-6,9H,1-3H3. The maximum Gasteiger partial charge on any atom is 0.129 e. The molecule has 0 N–H and O–H groups in total. The first-order valence-corrected chi connectivity index (χ1v) is 8.84. The molecule has 0 aliphatic heterocycles. The monoisotopic (exact) mass is 300 g/mol. The van der Waals surface area contributed by atoms with Gasteiger partial charge in [-0.25, -0.2) is 0 Å². The van der Waals surface area contributed by atoms with Crippen LogP contribution in [0.4, 0.5) is 0 Å². The van der Waals surface area contributed by atoms with Gasteiger partial charge in [0.15, 0.2) is 0 Å². The molecule has 1 rings (SSSR count). The number of hydrogen-bond acceptors (Lipinski definition) is 0. The minimum Gasteiger partial charge on any atom is -0.127 e. The SMILES string of the molecule is C[Si](C)(C)C#Cc1cccc(I)c1. The molecule has 1 aromatic carbocycles. The Morgan fingerprint density at radius 1 is 1.23 bits per heavy atom. The van der Waals surface area contributed by atoms with Crippen molar-refractivity contribution in [2.24, 2.45) is 0 Å². The minimum absolute atomic E-state index is 1.13. The summed E-state index contributed by atoms with van der Waals surface area (Å²) < 4.78 is 1.25. The molecule has 0 saturated heterocycles. The van der Waals surface area contributed by atoms with Gasteiger partial charge in [-0.15, -0.1) is 5.54 Å². The van der Waals surface area contributed by atoms with Crippen molar-refractivity contribution in [1.29, 1.82) is 0 Å². The third-order valence-electron chi connectivity index (χ3n) is 1.41. The Hall–Kier alpha value is -0.273. The van der Waals surface area contributed by atoms with Crippen LogP contribution in [0.5, 0.6) is 0 Å². The van der Waals surface area contributed by atoms with Crippen LogP contribution in [0.1, 0.15) is 5.56 Å². The smallest absolute Gasteiger partial charge is 0.127 e. The van der Waals surface area contributed by atoms with Crippen molar-refractivity contribution < 1.29 is 0 Å². The van der Waals surface area contributed by atoms with E-state index in [1.165, 1.54) is 3.57 Å². The van der Waals surface area contributed by atoms with Crippen molar-refractivity contribution in [3.05, 3.63) is 33.4 Å². The van der Waals surface area contributed by atoms with Crippen LogP contribution in [0.25, 0.3) is 0 Å². The number of hydrogen-bond donors (Lipinski definition) is 0. The van der Waals surface area contributed by atoms with Crippen LogP contribution in [-0.2, 0) is 0 Å². The summed E-state index contributed by atoms with van der Waals surface area (Å²) >= 11 is 2.31. The first kappa shape index (κ1) is 10.8. The van der Waals surface area contributed by atoms with Gasteiger partial charge >= 0.3 is 0 Å². The summed E-state index contributed by atoms with van der Waals surface area (Å²) in [5.74, 6) is 3.23. The van der Waals surface area contributed by atoms with Gasteiger partial charge < -0.3 is 0 Å². The Kier molecular flexibility index (Phi) is 3.57. The maximum absolute atomic E-state index is 3.35. The molecule has 0 aliphatic carbocycles. The van der Waals surface area contributed by atoms with Gasteiger partial charge in [-0.1, -0.05) is 31.6 Å². The van der Waals surface area contributed by atoms with Gasteiger partial charge in [0.25, 0.3) is 0 Å². The highest BCUT2D eigenvalue weighted by Gasteiger charge is 2.07. The predicted molar refractivity (Wildman–Crippen MR) is 69.4 cm³/mol. The summed E-state index contributed by atoms with van der Waals surface area (Å²) in [6.07, 6.45) is 0. The van der Waals surface area contributed by atoms with E-state index >= 15 is 0 Å². The molecule has 0 amide bonds. The van der Waals surface area contributed by atoms with Crippen molar-refractivity contribution in [2.75, 3.05) is 0 Å². The topological polar surface area (TPSA) is 0 Å². The van der Waals surface area contributed by atoms with Crippen LogP contribution < -0.4 is 0 Å². The summed E-state index contributed by atoms with van der Waals surface area (Å²) in [6, 6.07) is 8.32. The number of rotatable bonds is 0. The first-order chi connectivity index (χ1) is 5.97. The van der Waals surface area contributed by atoms with E-state index in [-0.39, 0.29) is 0 Å². The fourth-order valence-electron chi connectivity index (χ4n) is 0.826. The van der Waals surface area contributed by atoms with E-state index in [9.17, 15) is 0 Å². The lowest BCUT2D eigenvalue weighted by atomic mass is 10.2. The molecule has 2 heteroatoms. The highest BCUT2D eigenvalue weighted by atomic mass is 127. The van der Waals surface area contributed by atoms with Crippen LogP contribution in [0.2, 0.25) is 19.6 Å². The Balaban J connectivity index is 2.90. The third-order valence-corrected chi connectivity index (χ3v) is 2.95. The second kappa shape index (κ2) is 4.29. The van der Waals surface area contributed by atoms with Gasteiger partial charge in [-0.05, 0) is 40.8 Å². The molecule has 0 nitrogen and oxygen atoms in total. The minimum atomic E-state index is -1.22. The van der Waals surface area contributed by atoms with E-state index in [2.05, 4.69) is 78.0 Å². The van der Waals surface area contributed by atoms with Gasteiger partial charge in [0.2, 0.25) is 0 Å². The van der Waals surface area contributed by atoms with E-state index in [4.69, 9.17) is 0 Å². The quantitative estimate of drug-likeness (QED) is 0.391. The second-order valence-corrected chi connectivity index (χ2v) is 10.0. The zero-order valence-electron chi connectivity index (χ0n) is 8.19. The van der Waals surface area contributed by atoms with Gasteiger partial charge in [0.1, 0.15) is 8.07 Å². The fourth-order valence-corrected chi connectivity index (χ4v) is 1.89. The molecule has 0 heterocycles. The first-order valence-electron chi connectivity index (χ1n) is 4.26. The normalized spacial score (nSPS) is 10.5. The summed E-state index contributed by atoms with van der Waals surface area (Å²) in [5, 5.41) is 0. The lowest BCUT2D eigenvalue weighted by Gasteiger charge is -2.03. The molecular weight excluding hydrogens is 287 g/mol. The molecule has 0 saturated carbocycles. The molecule has 68 valence electrons. The third kappa shape index (κ3) is 4.49. The summed E-state index contributed by atoms with van der Waals surface area (Å²) in [7, 11) is -1.22.